The van der Waals surface area contributed by atoms with Crippen LogP contribution in [0.1, 0.15) is 37.5 Å². The minimum absolute atomic E-state index is 0.0648. The summed E-state index contributed by atoms with van der Waals surface area (Å²) in [5, 5.41) is 11.5. The summed E-state index contributed by atoms with van der Waals surface area (Å²) < 4.78 is 1.90. The van der Waals surface area contributed by atoms with Crippen molar-refractivity contribution >= 4 is 29.2 Å². The van der Waals surface area contributed by atoms with Crippen LogP contribution in [0.25, 0.3) is 5.65 Å². The average Bonchev–Trinajstić information content (AvgIpc) is 3.04. The van der Waals surface area contributed by atoms with E-state index in [1.807, 2.05) is 35.1 Å². The summed E-state index contributed by atoms with van der Waals surface area (Å²) in [5.74, 6) is 1.54. The maximum Gasteiger partial charge on any atom is 0.240 e. The molecule has 1 atom stereocenters. The number of carbonyl (C=O) groups is 2. The van der Waals surface area contributed by atoms with Crippen molar-refractivity contribution < 1.29 is 9.59 Å². The van der Waals surface area contributed by atoms with Gasteiger partial charge in [0.15, 0.2) is 11.5 Å². The van der Waals surface area contributed by atoms with Crippen LogP contribution in [0.2, 0.25) is 0 Å². The summed E-state index contributed by atoms with van der Waals surface area (Å²) in [6.07, 6.45) is 7.11. The highest BCUT2D eigenvalue weighted by Gasteiger charge is 2.24. The van der Waals surface area contributed by atoms with Gasteiger partial charge in [-0.15, -0.1) is 10.2 Å². The van der Waals surface area contributed by atoms with Gasteiger partial charge in [-0.1, -0.05) is 6.07 Å². The van der Waals surface area contributed by atoms with E-state index >= 15 is 0 Å². The summed E-state index contributed by atoms with van der Waals surface area (Å²) in [4.78, 5) is 26.0. The lowest BCUT2D eigenvalue weighted by Gasteiger charge is -2.27. The Balaban J connectivity index is 1.72. The molecule has 0 spiro atoms. The van der Waals surface area contributed by atoms with E-state index in [4.69, 9.17) is 0 Å². The number of thioether (sulfide) groups is 1. The summed E-state index contributed by atoms with van der Waals surface area (Å²) >= 11 is 1.72. The fourth-order valence-electron chi connectivity index (χ4n) is 3.04. The first-order chi connectivity index (χ1) is 12.2. The topological polar surface area (TPSA) is 79.6 Å². The first-order valence-corrected chi connectivity index (χ1v) is 9.94. The van der Waals surface area contributed by atoms with E-state index in [0.29, 0.717) is 13.0 Å². The van der Waals surface area contributed by atoms with Crippen molar-refractivity contribution in [3.63, 3.8) is 0 Å². The number of hydrogen-bond acceptors (Lipinski definition) is 5. The Morgan fingerprint density at radius 1 is 1.36 bits per heavy atom. The first-order valence-electron chi connectivity index (χ1n) is 8.55. The van der Waals surface area contributed by atoms with Crippen molar-refractivity contribution in [2.45, 2.75) is 31.7 Å². The molecule has 1 unspecified atom stereocenters. The predicted molar refractivity (Wildman–Crippen MR) is 97.3 cm³/mol. The number of aromatic nitrogens is 3. The third-order valence-electron chi connectivity index (χ3n) is 4.35. The van der Waals surface area contributed by atoms with E-state index in [1.165, 1.54) is 0 Å². The highest BCUT2D eigenvalue weighted by atomic mass is 32.2. The standard InChI is InChI=1S/C17H23N5O2S/c1-25-11-8-13(17-20-19-14-6-2-5-10-22(14)17)18-15(23)12-21-9-4-3-7-16(21)24/h2,5-6,10,13H,3-4,7-9,11-12H2,1H3,(H,18,23). The van der Waals surface area contributed by atoms with Crippen LogP contribution in [-0.4, -0.2) is 56.4 Å². The van der Waals surface area contributed by atoms with Gasteiger partial charge in [0, 0.05) is 19.2 Å². The second-order valence-corrected chi connectivity index (χ2v) is 7.15. The maximum atomic E-state index is 12.5. The van der Waals surface area contributed by atoms with Crippen molar-refractivity contribution in [3.05, 3.63) is 30.2 Å². The summed E-state index contributed by atoms with van der Waals surface area (Å²) in [6, 6.07) is 5.48. The van der Waals surface area contributed by atoms with E-state index in [1.54, 1.807) is 16.7 Å². The number of pyridine rings is 1. The lowest BCUT2D eigenvalue weighted by Crippen LogP contribution is -2.44. The number of fused-ring (bicyclic) bond motifs is 1. The van der Waals surface area contributed by atoms with Crippen molar-refractivity contribution in [2.24, 2.45) is 0 Å². The average molecular weight is 361 g/mol. The molecule has 1 saturated heterocycles. The molecule has 2 aromatic rings. The van der Waals surface area contributed by atoms with Gasteiger partial charge in [-0.3, -0.25) is 14.0 Å². The van der Waals surface area contributed by atoms with Crippen LogP contribution in [0.3, 0.4) is 0 Å². The number of nitrogens with zero attached hydrogens (tertiary/aromatic N) is 4. The molecule has 0 radical (unpaired) electrons. The third-order valence-corrected chi connectivity index (χ3v) is 5.00. The quantitative estimate of drug-likeness (QED) is 0.811. The minimum atomic E-state index is -0.225. The van der Waals surface area contributed by atoms with Gasteiger partial charge < -0.3 is 10.2 Å². The third kappa shape index (κ3) is 4.31. The highest BCUT2D eigenvalue weighted by Crippen LogP contribution is 2.18. The van der Waals surface area contributed by atoms with Gasteiger partial charge in [0.05, 0.1) is 12.6 Å². The fraction of sp³-hybridized carbons (Fsp3) is 0.529. The zero-order chi connectivity index (χ0) is 17.6. The molecule has 3 heterocycles. The molecular formula is C17H23N5O2S. The molecule has 2 aromatic heterocycles. The second-order valence-electron chi connectivity index (χ2n) is 6.16. The molecule has 1 N–H and O–H groups in total. The van der Waals surface area contributed by atoms with E-state index in [-0.39, 0.29) is 24.4 Å². The van der Waals surface area contributed by atoms with E-state index in [9.17, 15) is 9.59 Å². The Hall–Kier alpha value is -2.09. The normalized spacial score (nSPS) is 16.2. The molecular weight excluding hydrogens is 338 g/mol. The van der Waals surface area contributed by atoms with Gasteiger partial charge in [0.1, 0.15) is 0 Å². The number of amides is 2. The number of piperidine rings is 1. The predicted octanol–water partition coefficient (Wildman–Crippen LogP) is 1.65. The molecule has 1 aliphatic heterocycles. The molecule has 1 aliphatic rings. The molecule has 0 aromatic carbocycles. The van der Waals surface area contributed by atoms with Crippen LogP contribution in [-0.2, 0) is 9.59 Å². The highest BCUT2D eigenvalue weighted by molar-refractivity contribution is 7.98. The molecule has 25 heavy (non-hydrogen) atoms. The second kappa shape index (κ2) is 8.33. The Labute approximate surface area is 151 Å². The number of likely N-dealkylation sites (tertiary alicyclic amines) is 1. The smallest absolute Gasteiger partial charge is 0.240 e. The molecule has 3 rings (SSSR count). The molecule has 7 nitrogen and oxygen atoms in total. The van der Waals surface area contributed by atoms with Crippen LogP contribution in [0.5, 0.6) is 0 Å². The monoisotopic (exact) mass is 361 g/mol. The fourth-order valence-corrected chi connectivity index (χ4v) is 3.51. The first kappa shape index (κ1) is 17.7. The number of carbonyl (C=O) groups excluding carboxylic acids is 2. The lowest BCUT2D eigenvalue weighted by atomic mass is 10.1. The van der Waals surface area contributed by atoms with Crippen LogP contribution >= 0.6 is 11.8 Å². The van der Waals surface area contributed by atoms with Gasteiger partial charge >= 0.3 is 0 Å². The van der Waals surface area contributed by atoms with E-state index in [2.05, 4.69) is 15.5 Å². The molecule has 2 amide bonds. The van der Waals surface area contributed by atoms with E-state index in [0.717, 1.165) is 36.5 Å². The number of nitrogens with one attached hydrogen (secondary N) is 1. The van der Waals surface area contributed by atoms with Crippen molar-refractivity contribution in [3.8, 4) is 0 Å². The molecule has 0 aliphatic carbocycles. The zero-order valence-corrected chi connectivity index (χ0v) is 15.2. The molecule has 0 saturated carbocycles. The van der Waals surface area contributed by atoms with Crippen LogP contribution in [0.4, 0.5) is 0 Å². The zero-order valence-electron chi connectivity index (χ0n) is 14.4. The van der Waals surface area contributed by atoms with Gasteiger partial charge in [-0.05, 0) is 43.4 Å². The van der Waals surface area contributed by atoms with Gasteiger partial charge in [-0.2, -0.15) is 11.8 Å². The maximum absolute atomic E-state index is 12.5. The van der Waals surface area contributed by atoms with Crippen LogP contribution in [0.15, 0.2) is 24.4 Å². The van der Waals surface area contributed by atoms with Gasteiger partial charge in [-0.25, -0.2) is 0 Å². The summed E-state index contributed by atoms with van der Waals surface area (Å²) in [6.45, 7) is 0.779. The largest absolute Gasteiger partial charge is 0.344 e. The Kier molecular flexibility index (Phi) is 5.91. The molecule has 134 valence electrons. The molecule has 0 bridgehead atoms. The van der Waals surface area contributed by atoms with Gasteiger partial charge in [0.25, 0.3) is 0 Å². The van der Waals surface area contributed by atoms with Gasteiger partial charge in [0.2, 0.25) is 11.8 Å². The Morgan fingerprint density at radius 2 is 2.24 bits per heavy atom. The molecule has 8 heteroatoms. The Morgan fingerprint density at radius 3 is 3.04 bits per heavy atom. The van der Waals surface area contributed by atoms with Crippen LogP contribution in [0, 0.1) is 0 Å². The number of hydrogen-bond donors (Lipinski definition) is 1. The SMILES string of the molecule is CSCCC(NC(=O)CN1CCCCC1=O)c1nnc2ccccn12. The van der Waals surface area contributed by atoms with Crippen molar-refractivity contribution in [1.82, 2.24) is 24.8 Å². The van der Waals surface area contributed by atoms with Crippen LogP contribution < -0.4 is 5.32 Å². The summed E-state index contributed by atoms with van der Waals surface area (Å²) in [7, 11) is 0. The van der Waals surface area contributed by atoms with Crippen molar-refractivity contribution in [2.75, 3.05) is 25.1 Å². The van der Waals surface area contributed by atoms with Crippen molar-refractivity contribution in [1.29, 1.82) is 0 Å². The molecule has 1 fully saturated rings. The Bertz CT molecular complexity index is 747. The summed E-state index contributed by atoms with van der Waals surface area (Å²) in [5.41, 5.74) is 0.757. The van der Waals surface area contributed by atoms with E-state index < -0.39 is 0 Å². The lowest BCUT2D eigenvalue weighted by molar-refractivity contribution is -0.138. The number of rotatable bonds is 7. The minimum Gasteiger partial charge on any atom is -0.344 e.